The Hall–Kier alpha value is -2.21. The Morgan fingerprint density at radius 3 is 2.27 bits per heavy atom. The van der Waals surface area contributed by atoms with Crippen molar-refractivity contribution < 1.29 is 0 Å². The Bertz CT molecular complexity index is 1410. The van der Waals surface area contributed by atoms with E-state index in [0.29, 0.717) is 0 Å². The summed E-state index contributed by atoms with van der Waals surface area (Å²) in [5.41, 5.74) is 2.57. The van der Waals surface area contributed by atoms with Crippen LogP contribution < -0.4 is 0 Å². The smallest absolute Gasteiger partial charge is 0.137 e. The molecule has 2 aromatic carbocycles. The van der Waals surface area contributed by atoms with Crippen molar-refractivity contribution in [1.82, 2.24) is 9.97 Å². The second-order valence-corrected chi connectivity index (χ2v) is 9.58. The molecular weight excluding hydrogens is 376 g/mol. The maximum atomic E-state index is 4.38. The highest BCUT2D eigenvalue weighted by Gasteiger charge is 2.17. The summed E-state index contributed by atoms with van der Waals surface area (Å²) in [5, 5.41) is 2.78. The van der Waals surface area contributed by atoms with Crippen LogP contribution in [0.4, 0.5) is 0 Å². The van der Waals surface area contributed by atoms with E-state index < -0.39 is 0 Å². The van der Waals surface area contributed by atoms with Gasteiger partial charge in [-0.05, 0) is 24.1 Å². The monoisotopic (exact) mass is 390 g/mol. The van der Waals surface area contributed by atoms with Crippen LogP contribution in [0, 0.1) is 0 Å². The van der Waals surface area contributed by atoms with E-state index in [0.717, 1.165) is 17.8 Å². The molecule has 1 N–H and O–H groups in total. The number of hydrogen-bond acceptors (Lipinski definition) is 4. The SMILES string of the molecule is CCc1ccc2c(c1)sc1c2sc2c3ccc(-c4ncc[nH]4)cc3sc21. The minimum atomic E-state index is 0.933. The summed E-state index contributed by atoms with van der Waals surface area (Å²) in [4.78, 5) is 7.59. The zero-order chi connectivity index (χ0) is 17.3. The highest BCUT2D eigenvalue weighted by molar-refractivity contribution is 7.43. The average Bonchev–Trinajstić information content (AvgIpc) is 3.42. The number of aryl methyl sites for hydroxylation is 1. The minimum Gasteiger partial charge on any atom is -0.345 e. The standard InChI is InChI=1S/C21H14N2S3/c1-2-11-3-5-13-15(9-11)24-19-17(13)26-18-14-6-4-12(21-22-7-8-23-21)10-16(14)25-20(18)19/h3-10H,2H2,1H3,(H,22,23). The van der Waals surface area contributed by atoms with Gasteiger partial charge in [0.15, 0.2) is 0 Å². The van der Waals surface area contributed by atoms with Crippen LogP contribution in [0.1, 0.15) is 12.5 Å². The van der Waals surface area contributed by atoms with Crippen molar-refractivity contribution in [3.8, 4) is 11.4 Å². The molecule has 4 heterocycles. The first-order valence-electron chi connectivity index (χ1n) is 8.62. The molecule has 0 saturated carbocycles. The third kappa shape index (κ3) is 1.99. The van der Waals surface area contributed by atoms with E-state index in [1.807, 2.05) is 40.2 Å². The molecule has 26 heavy (non-hydrogen) atoms. The number of aromatic amines is 1. The maximum Gasteiger partial charge on any atom is 0.137 e. The van der Waals surface area contributed by atoms with Crippen LogP contribution >= 0.6 is 34.0 Å². The summed E-state index contributed by atoms with van der Waals surface area (Å²) in [6, 6.07) is 13.6. The van der Waals surface area contributed by atoms with Crippen LogP contribution in [0.25, 0.3) is 50.4 Å². The van der Waals surface area contributed by atoms with E-state index >= 15 is 0 Å². The molecule has 0 spiro atoms. The number of imidazole rings is 1. The molecule has 0 saturated heterocycles. The van der Waals surface area contributed by atoms with Crippen molar-refractivity contribution in [3.05, 3.63) is 54.4 Å². The first-order valence-corrected chi connectivity index (χ1v) is 11.1. The van der Waals surface area contributed by atoms with E-state index in [1.165, 1.54) is 44.5 Å². The number of rotatable bonds is 2. The lowest BCUT2D eigenvalue weighted by atomic mass is 10.1. The Balaban J connectivity index is 1.64. The van der Waals surface area contributed by atoms with Gasteiger partial charge >= 0.3 is 0 Å². The van der Waals surface area contributed by atoms with Gasteiger partial charge in [0.05, 0.1) is 18.8 Å². The van der Waals surface area contributed by atoms with Crippen LogP contribution in [-0.4, -0.2) is 9.97 Å². The lowest BCUT2D eigenvalue weighted by molar-refractivity contribution is 1.15. The zero-order valence-electron chi connectivity index (χ0n) is 14.0. The third-order valence-electron chi connectivity index (χ3n) is 4.94. The van der Waals surface area contributed by atoms with Gasteiger partial charge in [-0.2, -0.15) is 0 Å². The number of thiophene rings is 3. The van der Waals surface area contributed by atoms with Gasteiger partial charge in [0.25, 0.3) is 0 Å². The molecule has 5 heteroatoms. The first-order chi connectivity index (χ1) is 12.8. The normalized spacial score (nSPS) is 12.2. The van der Waals surface area contributed by atoms with Crippen LogP contribution in [0.2, 0.25) is 0 Å². The van der Waals surface area contributed by atoms with Gasteiger partial charge in [-0.25, -0.2) is 4.98 Å². The van der Waals surface area contributed by atoms with Gasteiger partial charge in [-0.3, -0.25) is 0 Å². The molecule has 0 bridgehead atoms. The average molecular weight is 391 g/mol. The molecule has 126 valence electrons. The molecule has 0 aliphatic carbocycles. The van der Waals surface area contributed by atoms with Crippen molar-refractivity contribution in [3.63, 3.8) is 0 Å². The third-order valence-corrected chi connectivity index (χ3v) is 8.93. The van der Waals surface area contributed by atoms with E-state index in [2.05, 4.69) is 53.3 Å². The molecule has 0 unspecified atom stereocenters. The quantitative estimate of drug-likeness (QED) is 0.327. The van der Waals surface area contributed by atoms with Crippen LogP contribution in [-0.2, 0) is 6.42 Å². The number of fused-ring (bicyclic) bond motifs is 7. The van der Waals surface area contributed by atoms with Gasteiger partial charge < -0.3 is 4.98 Å². The minimum absolute atomic E-state index is 0.933. The summed E-state index contributed by atoms with van der Waals surface area (Å²) in [7, 11) is 0. The second-order valence-electron chi connectivity index (χ2n) is 6.46. The molecule has 0 amide bonds. The zero-order valence-corrected chi connectivity index (χ0v) is 16.4. The maximum absolute atomic E-state index is 4.38. The number of hydrogen-bond donors (Lipinski definition) is 1. The van der Waals surface area contributed by atoms with Crippen LogP contribution in [0.15, 0.2) is 48.8 Å². The molecule has 0 fully saturated rings. The molecule has 2 nitrogen and oxygen atoms in total. The number of nitrogens with one attached hydrogen (secondary N) is 1. The summed E-state index contributed by atoms with van der Waals surface area (Å²) in [6.07, 6.45) is 4.77. The summed E-state index contributed by atoms with van der Waals surface area (Å²) >= 11 is 5.81. The van der Waals surface area contributed by atoms with E-state index in [1.54, 1.807) is 6.20 Å². The molecule has 4 aromatic heterocycles. The predicted molar refractivity (Wildman–Crippen MR) is 117 cm³/mol. The topological polar surface area (TPSA) is 28.7 Å². The lowest BCUT2D eigenvalue weighted by Crippen LogP contribution is -1.78. The number of aromatic nitrogens is 2. The molecule has 0 aliphatic heterocycles. The Morgan fingerprint density at radius 2 is 1.58 bits per heavy atom. The second kappa shape index (κ2) is 5.39. The van der Waals surface area contributed by atoms with Crippen molar-refractivity contribution >= 4 is 73.0 Å². The fraction of sp³-hybridized carbons (Fsp3) is 0.0952. The van der Waals surface area contributed by atoms with Crippen LogP contribution in [0.3, 0.4) is 0 Å². The summed E-state index contributed by atoms with van der Waals surface area (Å²) < 4.78 is 8.53. The number of nitrogens with zero attached hydrogens (tertiary/aromatic N) is 1. The molecule has 0 atom stereocenters. The predicted octanol–water partition coefficient (Wildman–Crippen LogP) is 7.44. The van der Waals surface area contributed by atoms with Crippen LogP contribution in [0.5, 0.6) is 0 Å². The van der Waals surface area contributed by atoms with Crippen molar-refractivity contribution in [2.45, 2.75) is 13.3 Å². The van der Waals surface area contributed by atoms with Gasteiger partial charge in [0, 0.05) is 38.1 Å². The largest absolute Gasteiger partial charge is 0.345 e. The van der Waals surface area contributed by atoms with E-state index in [4.69, 9.17) is 0 Å². The Kier molecular flexibility index (Phi) is 3.09. The number of benzene rings is 2. The van der Waals surface area contributed by atoms with E-state index in [-0.39, 0.29) is 0 Å². The van der Waals surface area contributed by atoms with Crippen molar-refractivity contribution in [2.75, 3.05) is 0 Å². The first kappa shape index (κ1) is 14.9. The van der Waals surface area contributed by atoms with Gasteiger partial charge in [0.1, 0.15) is 5.82 Å². The molecule has 0 radical (unpaired) electrons. The number of H-pyrrole nitrogens is 1. The van der Waals surface area contributed by atoms with Gasteiger partial charge in [-0.1, -0.05) is 31.2 Å². The molecular formula is C21H14N2S3. The fourth-order valence-electron chi connectivity index (χ4n) is 3.58. The summed E-state index contributed by atoms with van der Waals surface area (Å²) in [6.45, 7) is 2.22. The highest BCUT2D eigenvalue weighted by atomic mass is 32.1. The fourth-order valence-corrected chi connectivity index (χ4v) is 7.95. The van der Waals surface area contributed by atoms with Crippen molar-refractivity contribution in [1.29, 1.82) is 0 Å². The Labute approximate surface area is 161 Å². The summed E-state index contributed by atoms with van der Waals surface area (Å²) in [5.74, 6) is 0.933. The lowest BCUT2D eigenvalue weighted by Gasteiger charge is -1.97. The van der Waals surface area contributed by atoms with Gasteiger partial charge in [-0.15, -0.1) is 34.0 Å². The molecule has 6 rings (SSSR count). The molecule has 0 aliphatic rings. The van der Waals surface area contributed by atoms with E-state index in [9.17, 15) is 0 Å². The highest BCUT2D eigenvalue weighted by Crippen LogP contribution is 2.50. The Morgan fingerprint density at radius 1 is 0.846 bits per heavy atom. The van der Waals surface area contributed by atoms with Crippen molar-refractivity contribution in [2.24, 2.45) is 0 Å². The van der Waals surface area contributed by atoms with Gasteiger partial charge in [0.2, 0.25) is 0 Å². The molecule has 6 aromatic rings.